The summed E-state index contributed by atoms with van der Waals surface area (Å²) >= 11 is 0. The summed E-state index contributed by atoms with van der Waals surface area (Å²) in [4.78, 5) is 14.5. The molecular weight excluding hydrogens is 214 g/mol. The number of hydrogen-bond acceptors (Lipinski definition) is 5. The molecule has 0 aliphatic carbocycles. The Morgan fingerprint density at radius 1 is 1.31 bits per heavy atom. The molecular formula is C9H11N3O4. The molecule has 0 N–H and O–H groups in total. The number of carbonyl (C=O) groups is 1. The van der Waals surface area contributed by atoms with Gasteiger partial charge in [0.25, 0.3) is 0 Å². The number of ether oxygens (including phenoxy) is 3. The van der Waals surface area contributed by atoms with Crippen LogP contribution in [-0.4, -0.2) is 42.0 Å². The van der Waals surface area contributed by atoms with Crippen molar-refractivity contribution in [1.82, 2.24) is 0 Å². The van der Waals surface area contributed by atoms with Gasteiger partial charge in [-0.3, -0.25) is 4.79 Å². The highest BCUT2D eigenvalue weighted by molar-refractivity contribution is 5.93. The molecule has 0 aromatic rings. The minimum atomic E-state index is -0.770. The van der Waals surface area contributed by atoms with Crippen LogP contribution in [0, 0.1) is 0 Å². The first kappa shape index (κ1) is 10.0. The van der Waals surface area contributed by atoms with Crippen LogP contribution < -0.4 is 0 Å². The largest absolute Gasteiger partial charge is 0.361 e. The van der Waals surface area contributed by atoms with Gasteiger partial charge < -0.3 is 14.2 Å². The molecule has 0 aromatic heterocycles. The summed E-state index contributed by atoms with van der Waals surface area (Å²) in [5, 5.41) is 3.47. The maximum absolute atomic E-state index is 11.8. The average Bonchev–Trinajstić information content (AvgIpc) is 2.76. The fourth-order valence-corrected chi connectivity index (χ4v) is 2.62. The van der Waals surface area contributed by atoms with E-state index >= 15 is 0 Å². The Balaban J connectivity index is 1.92. The van der Waals surface area contributed by atoms with Crippen molar-refractivity contribution >= 4 is 5.78 Å². The van der Waals surface area contributed by atoms with Crippen molar-refractivity contribution in [3.05, 3.63) is 10.4 Å². The number of hydrogen-bond donors (Lipinski definition) is 0. The van der Waals surface area contributed by atoms with Gasteiger partial charge in [0.1, 0.15) is 30.5 Å². The Hall–Kier alpha value is -1.14. The number of carbonyl (C=O) groups excluding carboxylic acids is 1. The molecule has 16 heavy (non-hydrogen) atoms. The van der Waals surface area contributed by atoms with Crippen molar-refractivity contribution in [2.24, 2.45) is 5.11 Å². The van der Waals surface area contributed by atoms with Gasteiger partial charge in [0.05, 0.1) is 0 Å². The molecule has 7 heteroatoms. The van der Waals surface area contributed by atoms with Gasteiger partial charge >= 0.3 is 0 Å². The number of ketones is 1. The Morgan fingerprint density at radius 2 is 2.00 bits per heavy atom. The van der Waals surface area contributed by atoms with Crippen LogP contribution in [0.2, 0.25) is 0 Å². The third kappa shape index (κ3) is 1.14. The first-order valence-electron chi connectivity index (χ1n) is 5.12. The maximum Gasteiger partial charge on any atom is 0.176 e. The van der Waals surface area contributed by atoms with Gasteiger partial charge in [0.2, 0.25) is 0 Å². The van der Waals surface area contributed by atoms with Gasteiger partial charge in [0.15, 0.2) is 11.6 Å². The summed E-state index contributed by atoms with van der Waals surface area (Å²) in [6.07, 6.45) is -1.82. The molecule has 3 aliphatic heterocycles. The lowest BCUT2D eigenvalue weighted by molar-refractivity contribution is -0.177. The Morgan fingerprint density at radius 3 is 2.69 bits per heavy atom. The number of rotatable bonds is 1. The van der Waals surface area contributed by atoms with E-state index in [9.17, 15) is 4.79 Å². The van der Waals surface area contributed by atoms with E-state index in [1.54, 1.807) is 13.8 Å². The van der Waals surface area contributed by atoms with E-state index in [1.807, 2.05) is 0 Å². The zero-order chi connectivity index (χ0) is 11.5. The summed E-state index contributed by atoms with van der Waals surface area (Å²) in [6.45, 7) is 3.58. The number of nitrogens with zero attached hydrogens (tertiary/aromatic N) is 3. The number of fused-ring (bicyclic) bond motifs is 5. The second-order valence-corrected chi connectivity index (χ2v) is 4.64. The second kappa shape index (κ2) is 2.95. The fourth-order valence-electron chi connectivity index (χ4n) is 2.62. The van der Waals surface area contributed by atoms with Gasteiger partial charge in [-0.1, -0.05) is 5.11 Å². The smallest absolute Gasteiger partial charge is 0.176 e. The molecule has 3 fully saturated rings. The lowest BCUT2D eigenvalue weighted by atomic mass is 9.90. The highest BCUT2D eigenvalue weighted by atomic mass is 16.8. The predicted octanol–water partition coefficient (Wildman–Crippen LogP) is 0.535. The van der Waals surface area contributed by atoms with E-state index in [2.05, 4.69) is 10.0 Å². The zero-order valence-electron chi connectivity index (χ0n) is 8.86. The normalized spacial score (nSPS) is 47.9. The zero-order valence-corrected chi connectivity index (χ0v) is 8.86. The van der Waals surface area contributed by atoms with Crippen molar-refractivity contribution in [1.29, 1.82) is 0 Å². The number of azide groups is 1. The van der Waals surface area contributed by atoms with Crippen LogP contribution in [0.15, 0.2) is 5.11 Å². The number of Topliss-reactive ketones (excluding diaryl/α,β-unsaturated/α-hetero) is 1. The molecule has 3 aliphatic rings. The van der Waals surface area contributed by atoms with Gasteiger partial charge in [-0.15, -0.1) is 0 Å². The quantitative estimate of drug-likeness (QED) is 0.369. The van der Waals surface area contributed by atoms with E-state index < -0.39 is 24.0 Å². The molecule has 0 spiro atoms. The van der Waals surface area contributed by atoms with Crippen LogP contribution in [0.3, 0.4) is 0 Å². The molecule has 0 unspecified atom stereocenters. The van der Waals surface area contributed by atoms with E-state index in [0.717, 1.165) is 0 Å². The molecule has 2 bridgehead atoms. The van der Waals surface area contributed by atoms with Crippen molar-refractivity contribution in [3.8, 4) is 0 Å². The van der Waals surface area contributed by atoms with Crippen LogP contribution in [0.4, 0.5) is 0 Å². The van der Waals surface area contributed by atoms with E-state index in [4.69, 9.17) is 19.7 Å². The summed E-state index contributed by atoms with van der Waals surface area (Å²) in [7, 11) is 0. The van der Waals surface area contributed by atoms with E-state index in [1.165, 1.54) is 0 Å². The highest BCUT2D eigenvalue weighted by Gasteiger charge is 2.65. The van der Waals surface area contributed by atoms with Gasteiger partial charge in [0, 0.05) is 4.91 Å². The minimum Gasteiger partial charge on any atom is -0.361 e. The third-order valence-corrected chi connectivity index (χ3v) is 3.15. The molecule has 3 rings (SSSR count). The van der Waals surface area contributed by atoms with Crippen LogP contribution in [-0.2, 0) is 19.0 Å². The molecule has 7 nitrogen and oxygen atoms in total. The lowest BCUT2D eigenvalue weighted by Crippen LogP contribution is -2.47. The molecule has 3 heterocycles. The Labute approximate surface area is 91.3 Å². The van der Waals surface area contributed by atoms with Crippen molar-refractivity contribution in [2.45, 2.75) is 50.1 Å². The van der Waals surface area contributed by atoms with Crippen LogP contribution in [0.5, 0.6) is 0 Å². The topological polar surface area (TPSA) is 93.5 Å². The van der Waals surface area contributed by atoms with Crippen LogP contribution in [0.25, 0.3) is 10.4 Å². The third-order valence-electron chi connectivity index (χ3n) is 3.15. The molecule has 0 aromatic carbocycles. The summed E-state index contributed by atoms with van der Waals surface area (Å²) < 4.78 is 16.7. The molecule has 0 amide bonds. The average molecular weight is 225 g/mol. The first-order valence-corrected chi connectivity index (χ1v) is 5.12. The molecule has 0 saturated carbocycles. The van der Waals surface area contributed by atoms with Gasteiger partial charge in [-0.05, 0) is 19.4 Å². The Kier molecular flexibility index (Phi) is 1.85. The van der Waals surface area contributed by atoms with Crippen LogP contribution in [0.1, 0.15) is 13.8 Å². The first-order chi connectivity index (χ1) is 7.53. The molecule has 0 radical (unpaired) electrons. The lowest BCUT2D eigenvalue weighted by Gasteiger charge is -2.21. The van der Waals surface area contributed by atoms with Gasteiger partial charge in [-0.25, -0.2) is 0 Å². The second-order valence-electron chi connectivity index (χ2n) is 4.64. The van der Waals surface area contributed by atoms with Gasteiger partial charge in [-0.2, -0.15) is 0 Å². The van der Waals surface area contributed by atoms with Crippen molar-refractivity contribution in [3.63, 3.8) is 0 Å². The SMILES string of the molecule is CC1(C)O[C@H]2[C@@H](O1)[C@H]1O[C@@H]2[C@H](N=[N+]=[N-])C1=O. The fraction of sp³-hybridized carbons (Fsp3) is 0.889. The monoisotopic (exact) mass is 225 g/mol. The molecule has 5 atom stereocenters. The summed E-state index contributed by atoms with van der Waals surface area (Å²) in [5.74, 6) is -0.911. The van der Waals surface area contributed by atoms with E-state index in [0.29, 0.717) is 0 Å². The van der Waals surface area contributed by atoms with Crippen molar-refractivity contribution in [2.75, 3.05) is 0 Å². The molecule has 86 valence electrons. The summed E-state index contributed by atoms with van der Waals surface area (Å²) in [5.41, 5.74) is 8.39. The highest BCUT2D eigenvalue weighted by Crippen LogP contribution is 2.45. The van der Waals surface area contributed by atoms with E-state index in [-0.39, 0.29) is 18.0 Å². The van der Waals surface area contributed by atoms with Crippen LogP contribution >= 0.6 is 0 Å². The molecule has 3 saturated heterocycles. The predicted molar refractivity (Wildman–Crippen MR) is 50.4 cm³/mol. The maximum atomic E-state index is 11.8. The standard InChI is InChI=1S/C9H11N3O4/c1-9(2)15-7-5-3(11-12-10)4(13)6(14-5)8(7)16-9/h3,5-8H,1-2H3/t3-,5-,6+,7-,8+/m1/s1. The minimum absolute atomic E-state index is 0.203. The Bertz CT molecular complexity index is 404. The van der Waals surface area contributed by atoms with Crippen molar-refractivity contribution < 1.29 is 19.0 Å². The summed E-state index contributed by atoms with van der Waals surface area (Å²) in [6, 6.07) is -0.770.